The Morgan fingerprint density at radius 3 is 1.81 bits per heavy atom. The maximum absolute atomic E-state index is 13.6. The van der Waals surface area contributed by atoms with Crippen LogP contribution in [0.25, 0.3) is 0 Å². The zero-order valence-electron chi connectivity index (χ0n) is 11.4. The molecule has 1 aromatic carbocycles. The van der Waals surface area contributed by atoms with Crippen molar-refractivity contribution in [3.05, 3.63) is 29.1 Å². The molecule has 0 amide bonds. The van der Waals surface area contributed by atoms with Crippen LogP contribution in [0.1, 0.15) is 20.3 Å². The van der Waals surface area contributed by atoms with Gasteiger partial charge in [-0.25, -0.2) is 22.0 Å². The molecule has 0 bridgehead atoms. The third-order valence-electron chi connectivity index (χ3n) is 2.82. The molecular formula is C14H14F5NO. The summed E-state index contributed by atoms with van der Waals surface area (Å²) in [6.45, 7) is 3.49. The molecule has 116 valence electrons. The Kier molecular flexibility index (Phi) is 5.55. The van der Waals surface area contributed by atoms with Gasteiger partial charge in [0.2, 0.25) is 5.82 Å². The predicted octanol–water partition coefficient (Wildman–Crippen LogP) is 3.20. The molecule has 0 unspecified atom stereocenters. The van der Waals surface area contributed by atoms with E-state index in [1.165, 1.54) is 0 Å². The van der Waals surface area contributed by atoms with Crippen molar-refractivity contribution in [2.24, 2.45) is 5.92 Å². The average Bonchev–Trinajstić information content (AvgIpc) is 2.45. The van der Waals surface area contributed by atoms with Crippen LogP contribution in [0.2, 0.25) is 0 Å². The van der Waals surface area contributed by atoms with Crippen molar-refractivity contribution in [2.45, 2.75) is 32.4 Å². The number of anilines is 1. The van der Waals surface area contributed by atoms with E-state index < -0.39 is 46.9 Å². The molecule has 7 heteroatoms. The summed E-state index contributed by atoms with van der Waals surface area (Å²) >= 11 is 0. The Labute approximate surface area is 119 Å². The highest BCUT2D eigenvalue weighted by atomic mass is 19.2. The summed E-state index contributed by atoms with van der Waals surface area (Å²) in [5, 5.41) is 11.7. The summed E-state index contributed by atoms with van der Waals surface area (Å²) in [5.41, 5.74) is -1.20. The zero-order chi connectivity index (χ0) is 16.3. The van der Waals surface area contributed by atoms with E-state index in [2.05, 4.69) is 5.32 Å². The van der Waals surface area contributed by atoms with Crippen molar-refractivity contribution in [1.29, 1.82) is 0 Å². The first-order valence-corrected chi connectivity index (χ1v) is 6.12. The van der Waals surface area contributed by atoms with E-state index in [0.29, 0.717) is 0 Å². The van der Waals surface area contributed by atoms with Crippen LogP contribution >= 0.6 is 0 Å². The summed E-state index contributed by atoms with van der Waals surface area (Å²) in [5.74, 6) is -8.43. The van der Waals surface area contributed by atoms with Gasteiger partial charge >= 0.3 is 0 Å². The van der Waals surface area contributed by atoms with Crippen molar-refractivity contribution in [1.82, 2.24) is 0 Å². The molecule has 0 radical (unpaired) electrons. The van der Waals surface area contributed by atoms with Crippen molar-refractivity contribution in [3.8, 4) is 12.3 Å². The van der Waals surface area contributed by atoms with Crippen LogP contribution in [-0.2, 0) is 0 Å². The van der Waals surface area contributed by atoms with Gasteiger partial charge in [-0.15, -0.1) is 6.42 Å². The van der Waals surface area contributed by atoms with Gasteiger partial charge in [-0.1, -0.05) is 19.8 Å². The van der Waals surface area contributed by atoms with Crippen molar-refractivity contribution < 1.29 is 27.1 Å². The predicted molar refractivity (Wildman–Crippen MR) is 67.9 cm³/mol. The maximum atomic E-state index is 13.6. The normalized spacial score (nSPS) is 13.9. The first-order valence-electron chi connectivity index (χ1n) is 6.12. The summed E-state index contributed by atoms with van der Waals surface area (Å²) in [6, 6.07) is -1.05. The first kappa shape index (κ1) is 17.2. The Hall–Kier alpha value is -1.81. The summed E-state index contributed by atoms with van der Waals surface area (Å²) in [7, 11) is 0. The molecule has 0 aliphatic rings. The van der Waals surface area contributed by atoms with Crippen LogP contribution in [0, 0.1) is 47.3 Å². The number of hydrogen-bond donors (Lipinski definition) is 2. The van der Waals surface area contributed by atoms with Crippen molar-refractivity contribution >= 4 is 5.69 Å². The maximum Gasteiger partial charge on any atom is 0.200 e. The smallest absolute Gasteiger partial charge is 0.200 e. The van der Waals surface area contributed by atoms with E-state index >= 15 is 0 Å². The third kappa shape index (κ3) is 3.64. The number of benzene rings is 1. The Bertz CT molecular complexity index is 538. The summed E-state index contributed by atoms with van der Waals surface area (Å²) in [6.07, 6.45) is 3.76. The topological polar surface area (TPSA) is 32.3 Å². The van der Waals surface area contributed by atoms with Gasteiger partial charge in [-0.2, -0.15) is 0 Å². The fourth-order valence-corrected chi connectivity index (χ4v) is 1.81. The van der Waals surface area contributed by atoms with Crippen LogP contribution in [0.15, 0.2) is 0 Å². The lowest BCUT2D eigenvalue weighted by Crippen LogP contribution is -2.35. The monoisotopic (exact) mass is 307 g/mol. The molecule has 0 heterocycles. The van der Waals surface area contributed by atoms with Gasteiger partial charge in [0.25, 0.3) is 0 Å². The number of rotatable bonds is 5. The molecule has 0 spiro atoms. The second kappa shape index (κ2) is 6.76. The largest absolute Gasteiger partial charge is 0.378 e. The van der Waals surface area contributed by atoms with E-state index in [-0.39, 0.29) is 12.3 Å². The zero-order valence-corrected chi connectivity index (χ0v) is 11.4. The van der Waals surface area contributed by atoms with Crippen molar-refractivity contribution in [2.75, 3.05) is 5.32 Å². The van der Waals surface area contributed by atoms with Gasteiger partial charge in [0.05, 0.1) is 6.04 Å². The van der Waals surface area contributed by atoms with Gasteiger partial charge in [-0.05, 0) is 12.3 Å². The number of nitrogens with one attached hydrogen (secondary N) is 1. The van der Waals surface area contributed by atoms with Crippen LogP contribution in [0.4, 0.5) is 27.6 Å². The summed E-state index contributed by atoms with van der Waals surface area (Å²) < 4.78 is 66.2. The Balaban J connectivity index is 3.24. The number of terminal acetylenes is 1. The highest BCUT2D eigenvalue weighted by molar-refractivity contribution is 5.49. The molecule has 0 saturated heterocycles. The molecule has 0 aliphatic carbocycles. The van der Waals surface area contributed by atoms with Crippen LogP contribution < -0.4 is 5.32 Å². The Morgan fingerprint density at radius 1 is 1.00 bits per heavy atom. The molecule has 21 heavy (non-hydrogen) atoms. The first-order chi connectivity index (χ1) is 9.70. The minimum atomic E-state index is -2.24. The van der Waals surface area contributed by atoms with Crippen LogP contribution in [0.5, 0.6) is 0 Å². The highest BCUT2D eigenvalue weighted by Gasteiger charge is 2.28. The van der Waals surface area contributed by atoms with E-state index in [4.69, 9.17) is 6.42 Å². The van der Waals surface area contributed by atoms with Crippen molar-refractivity contribution in [3.63, 3.8) is 0 Å². The fourth-order valence-electron chi connectivity index (χ4n) is 1.81. The minimum absolute atomic E-state index is 0.0354. The number of aliphatic hydroxyl groups excluding tert-OH is 1. The minimum Gasteiger partial charge on any atom is -0.378 e. The van der Waals surface area contributed by atoms with E-state index in [1.807, 2.05) is 5.92 Å². The molecule has 2 N–H and O–H groups in total. The number of aliphatic hydroxyl groups is 1. The highest BCUT2D eigenvalue weighted by Crippen LogP contribution is 2.28. The second-order valence-electron chi connectivity index (χ2n) is 4.94. The Morgan fingerprint density at radius 2 is 1.43 bits per heavy atom. The number of hydrogen-bond acceptors (Lipinski definition) is 2. The quantitative estimate of drug-likeness (QED) is 0.379. The molecule has 1 aromatic rings. The molecule has 2 atom stereocenters. The SMILES string of the molecule is C#C[C@H](O)[C@H](CC(C)C)Nc1c(F)c(F)c(F)c(F)c1F. The molecule has 0 fully saturated rings. The molecule has 0 saturated carbocycles. The lowest BCUT2D eigenvalue weighted by atomic mass is 9.99. The van der Waals surface area contributed by atoms with Gasteiger partial charge < -0.3 is 10.4 Å². The average molecular weight is 307 g/mol. The van der Waals surface area contributed by atoms with Crippen LogP contribution in [0.3, 0.4) is 0 Å². The third-order valence-corrected chi connectivity index (χ3v) is 2.82. The fraction of sp³-hybridized carbons (Fsp3) is 0.429. The second-order valence-corrected chi connectivity index (χ2v) is 4.94. The lowest BCUT2D eigenvalue weighted by Gasteiger charge is -2.24. The standard InChI is InChI=1S/C14H14F5NO/c1-4-8(21)7(5-6(2)3)20-14-12(18)10(16)9(15)11(17)13(14)19/h1,6-8,20-21H,5H2,2-3H3/t7-,8-/m0/s1. The lowest BCUT2D eigenvalue weighted by molar-refractivity contribution is 0.196. The molecular weight excluding hydrogens is 293 g/mol. The van der Waals surface area contributed by atoms with E-state index in [0.717, 1.165) is 0 Å². The van der Waals surface area contributed by atoms with Crippen LogP contribution in [-0.4, -0.2) is 17.3 Å². The van der Waals surface area contributed by atoms with E-state index in [1.54, 1.807) is 13.8 Å². The van der Waals surface area contributed by atoms with Gasteiger partial charge in [0.15, 0.2) is 23.3 Å². The molecule has 2 nitrogen and oxygen atoms in total. The molecule has 0 aliphatic heterocycles. The van der Waals surface area contributed by atoms with Gasteiger partial charge in [0, 0.05) is 0 Å². The van der Waals surface area contributed by atoms with E-state index in [9.17, 15) is 27.1 Å². The summed E-state index contributed by atoms with van der Waals surface area (Å²) in [4.78, 5) is 0. The molecule has 1 rings (SSSR count). The van der Waals surface area contributed by atoms with Gasteiger partial charge in [-0.3, -0.25) is 0 Å². The van der Waals surface area contributed by atoms with Gasteiger partial charge in [0.1, 0.15) is 11.8 Å². The molecule has 0 aromatic heterocycles. The number of halogens is 5.